The fourth-order valence-corrected chi connectivity index (χ4v) is 4.33. The number of hydrogen-bond acceptors (Lipinski definition) is 6. The van der Waals surface area contributed by atoms with Crippen LogP contribution in [0.1, 0.15) is 29.8 Å². The van der Waals surface area contributed by atoms with Crippen LogP contribution in [0.3, 0.4) is 0 Å². The number of aromatic nitrogens is 3. The molecule has 2 aromatic heterocycles. The van der Waals surface area contributed by atoms with Crippen molar-refractivity contribution in [2.75, 3.05) is 25.4 Å². The number of amides is 2. The second kappa shape index (κ2) is 10.3. The Morgan fingerprint density at radius 1 is 1.10 bits per heavy atom. The molecule has 4 rings (SSSR count). The van der Waals surface area contributed by atoms with Crippen LogP contribution in [-0.4, -0.2) is 75.1 Å². The smallest absolute Gasteiger partial charge is 0.422 e. The second-order valence-corrected chi connectivity index (χ2v) is 9.74. The SMILES string of the molecule is CC(C)(F)C(=O)N1C[C@H](F)[C@H](NC(=O)c2cc(-c3cc(C(F)(F)F)c4c(N)ncnn34)ccc2OCC(F)(F)F)C1. The molecule has 3 heterocycles. The van der Waals surface area contributed by atoms with Crippen molar-refractivity contribution in [1.29, 1.82) is 0 Å². The second-order valence-electron chi connectivity index (χ2n) is 9.74. The number of carbonyl (C=O) groups is 2. The van der Waals surface area contributed by atoms with E-state index in [2.05, 4.69) is 15.4 Å². The van der Waals surface area contributed by atoms with E-state index in [1.54, 1.807) is 0 Å². The zero-order valence-electron chi connectivity index (χ0n) is 21.3. The number of rotatable bonds is 6. The maximum atomic E-state index is 14.7. The zero-order valence-corrected chi connectivity index (χ0v) is 21.3. The molecule has 2 amide bonds. The minimum absolute atomic E-state index is 0.114. The van der Waals surface area contributed by atoms with E-state index in [0.717, 1.165) is 47.8 Å². The first kappa shape index (κ1) is 29.8. The predicted octanol–water partition coefficient (Wildman–Crippen LogP) is 3.97. The van der Waals surface area contributed by atoms with E-state index in [-0.39, 0.29) is 11.3 Å². The lowest BCUT2D eigenvalue weighted by molar-refractivity contribution is -0.153. The van der Waals surface area contributed by atoms with Crippen LogP contribution in [-0.2, 0) is 11.0 Å². The molecule has 3 N–H and O–H groups in total. The first-order valence-corrected chi connectivity index (χ1v) is 11.8. The van der Waals surface area contributed by atoms with Crippen LogP contribution < -0.4 is 15.8 Å². The molecule has 41 heavy (non-hydrogen) atoms. The number of benzene rings is 1. The van der Waals surface area contributed by atoms with Crippen molar-refractivity contribution in [3.05, 3.63) is 41.7 Å². The molecule has 0 unspecified atom stereocenters. The van der Waals surface area contributed by atoms with Crippen molar-refractivity contribution in [2.45, 2.75) is 44.1 Å². The third kappa shape index (κ3) is 6.27. The Balaban J connectivity index is 1.73. The summed E-state index contributed by atoms with van der Waals surface area (Å²) in [5.74, 6) is -3.31. The zero-order chi connectivity index (χ0) is 30.5. The maximum Gasteiger partial charge on any atom is 0.422 e. The number of nitrogens with zero attached hydrogens (tertiary/aromatic N) is 4. The van der Waals surface area contributed by atoms with Crippen LogP contribution in [0, 0.1) is 0 Å². The fraction of sp³-hybridized carbons (Fsp3) is 0.417. The third-order valence-electron chi connectivity index (χ3n) is 6.16. The molecule has 0 radical (unpaired) electrons. The highest BCUT2D eigenvalue weighted by molar-refractivity contribution is 5.98. The van der Waals surface area contributed by atoms with Gasteiger partial charge in [-0.1, -0.05) is 0 Å². The minimum atomic E-state index is -4.89. The van der Waals surface area contributed by atoms with Gasteiger partial charge in [0.25, 0.3) is 11.8 Å². The van der Waals surface area contributed by atoms with E-state index >= 15 is 0 Å². The molecule has 0 aliphatic carbocycles. The van der Waals surface area contributed by atoms with Gasteiger partial charge in [-0.2, -0.15) is 31.4 Å². The largest absolute Gasteiger partial charge is 0.483 e. The molecule has 1 aliphatic rings. The molecule has 2 atom stereocenters. The van der Waals surface area contributed by atoms with Crippen LogP contribution in [0.2, 0.25) is 0 Å². The first-order chi connectivity index (χ1) is 18.9. The number of nitrogens with one attached hydrogen (secondary N) is 1. The van der Waals surface area contributed by atoms with E-state index in [1.807, 2.05) is 0 Å². The summed E-state index contributed by atoms with van der Waals surface area (Å²) in [6.45, 7) is -0.861. The van der Waals surface area contributed by atoms with Gasteiger partial charge in [0.05, 0.1) is 29.4 Å². The molecular formula is C24H22F8N6O3. The summed E-state index contributed by atoms with van der Waals surface area (Å²) in [7, 11) is 0. The summed E-state index contributed by atoms with van der Waals surface area (Å²) < 4.78 is 114. The van der Waals surface area contributed by atoms with Crippen LogP contribution in [0.5, 0.6) is 5.75 Å². The quantitative estimate of drug-likeness (QED) is 0.418. The number of ether oxygens (including phenoxy) is 1. The molecule has 0 saturated carbocycles. The monoisotopic (exact) mass is 594 g/mol. The number of halogens is 8. The topological polar surface area (TPSA) is 115 Å². The highest BCUT2D eigenvalue weighted by Gasteiger charge is 2.42. The molecule has 1 fully saturated rings. The van der Waals surface area contributed by atoms with E-state index < -0.39 is 90.0 Å². The number of nitrogen functional groups attached to an aromatic ring is 1. The average Bonchev–Trinajstić information content (AvgIpc) is 3.43. The molecule has 1 aliphatic heterocycles. The summed E-state index contributed by atoms with van der Waals surface area (Å²) >= 11 is 0. The summed E-state index contributed by atoms with van der Waals surface area (Å²) in [5.41, 5.74) is 0.573. The Bertz CT molecular complexity index is 1480. The molecule has 1 saturated heterocycles. The lowest BCUT2D eigenvalue weighted by atomic mass is 10.1. The van der Waals surface area contributed by atoms with Crippen molar-refractivity contribution in [2.24, 2.45) is 0 Å². The third-order valence-corrected chi connectivity index (χ3v) is 6.16. The van der Waals surface area contributed by atoms with Crippen molar-refractivity contribution in [3.8, 4) is 17.0 Å². The van der Waals surface area contributed by atoms with Crippen LogP contribution in [0.4, 0.5) is 40.9 Å². The van der Waals surface area contributed by atoms with Crippen LogP contribution in [0.25, 0.3) is 16.8 Å². The Hall–Kier alpha value is -4.18. The molecule has 0 bridgehead atoms. The average molecular weight is 594 g/mol. The van der Waals surface area contributed by atoms with E-state index in [0.29, 0.717) is 6.07 Å². The Labute approximate surface area is 226 Å². The molecule has 17 heteroatoms. The Kier molecular flexibility index (Phi) is 7.51. The van der Waals surface area contributed by atoms with E-state index in [1.165, 1.54) is 0 Å². The lowest BCUT2D eigenvalue weighted by Gasteiger charge is -2.22. The number of nitrogens with two attached hydrogens (primary N) is 1. The van der Waals surface area contributed by atoms with Gasteiger partial charge in [0.1, 0.15) is 23.8 Å². The van der Waals surface area contributed by atoms with Crippen molar-refractivity contribution in [1.82, 2.24) is 24.8 Å². The number of carbonyl (C=O) groups excluding carboxylic acids is 2. The highest BCUT2D eigenvalue weighted by atomic mass is 19.4. The van der Waals surface area contributed by atoms with Crippen LogP contribution in [0.15, 0.2) is 30.6 Å². The summed E-state index contributed by atoms with van der Waals surface area (Å²) in [4.78, 5) is 29.8. The van der Waals surface area contributed by atoms with E-state index in [9.17, 15) is 44.7 Å². The van der Waals surface area contributed by atoms with Gasteiger partial charge in [0, 0.05) is 12.1 Å². The number of alkyl halides is 8. The molecular weight excluding hydrogens is 572 g/mol. The van der Waals surface area contributed by atoms with Gasteiger partial charge in [-0.3, -0.25) is 9.59 Å². The Morgan fingerprint density at radius 3 is 2.39 bits per heavy atom. The highest BCUT2D eigenvalue weighted by Crippen LogP contribution is 2.39. The Morgan fingerprint density at radius 2 is 1.78 bits per heavy atom. The predicted molar refractivity (Wildman–Crippen MR) is 127 cm³/mol. The minimum Gasteiger partial charge on any atom is -0.483 e. The maximum absolute atomic E-state index is 14.7. The fourth-order valence-electron chi connectivity index (χ4n) is 4.33. The van der Waals surface area contributed by atoms with Crippen molar-refractivity contribution in [3.63, 3.8) is 0 Å². The van der Waals surface area contributed by atoms with Gasteiger partial charge in [-0.25, -0.2) is 18.3 Å². The van der Waals surface area contributed by atoms with Crippen LogP contribution >= 0.6 is 0 Å². The number of likely N-dealkylation sites (tertiary alicyclic amines) is 1. The molecule has 0 spiro atoms. The van der Waals surface area contributed by atoms with Gasteiger partial charge < -0.3 is 20.7 Å². The van der Waals surface area contributed by atoms with Gasteiger partial charge in [0.15, 0.2) is 18.1 Å². The first-order valence-electron chi connectivity index (χ1n) is 11.8. The van der Waals surface area contributed by atoms with E-state index in [4.69, 9.17) is 10.5 Å². The van der Waals surface area contributed by atoms with Crippen molar-refractivity contribution < 1.29 is 49.4 Å². The number of hydrogen-bond donors (Lipinski definition) is 2. The molecule has 222 valence electrons. The number of anilines is 1. The molecule has 9 nitrogen and oxygen atoms in total. The molecule has 1 aromatic carbocycles. The standard InChI is InChI=1S/C24H22F8N6O3/c1-22(2,26)21(40)37-7-14(25)15(8-37)36-20(39)12-5-11(3-4-17(12)41-9-23(27,28)29)16-6-13(24(30,31)32)18-19(33)34-10-35-38(16)18/h3-6,10,14-15H,7-9H2,1-2H3,(H,36,39)(H2,33,34,35)/t14-,15+/m0/s1. The van der Waals surface area contributed by atoms with Gasteiger partial charge in [-0.15, -0.1) is 0 Å². The summed E-state index contributed by atoms with van der Waals surface area (Å²) in [6.07, 6.45) is -10.7. The normalized spacial score (nSPS) is 18.1. The lowest BCUT2D eigenvalue weighted by Crippen LogP contribution is -2.44. The number of fused-ring (bicyclic) bond motifs is 1. The summed E-state index contributed by atoms with van der Waals surface area (Å²) in [5, 5.41) is 6.03. The molecule has 3 aromatic rings. The van der Waals surface area contributed by atoms with Gasteiger partial charge in [0.2, 0.25) is 0 Å². The van der Waals surface area contributed by atoms with Gasteiger partial charge >= 0.3 is 12.4 Å². The summed E-state index contributed by atoms with van der Waals surface area (Å²) in [6, 6.07) is 2.27. The van der Waals surface area contributed by atoms with Gasteiger partial charge in [-0.05, 0) is 38.1 Å². The van der Waals surface area contributed by atoms with Crippen molar-refractivity contribution >= 4 is 23.1 Å².